The molecule has 0 aliphatic carbocycles. The summed E-state index contributed by atoms with van der Waals surface area (Å²) in [6.45, 7) is 5.61. The number of carbonyl (C=O) groups excluding carboxylic acids is 1. The summed E-state index contributed by atoms with van der Waals surface area (Å²) in [4.78, 5) is 14.6. The summed E-state index contributed by atoms with van der Waals surface area (Å²) in [6.07, 6.45) is 3.37. The van der Waals surface area contributed by atoms with Gasteiger partial charge in [0, 0.05) is 13.1 Å². The molecule has 0 spiro atoms. The lowest BCUT2D eigenvalue weighted by Crippen LogP contribution is -2.40. The highest BCUT2D eigenvalue weighted by atomic mass is 32.2. The van der Waals surface area contributed by atoms with E-state index >= 15 is 0 Å². The van der Waals surface area contributed by atoms with Crippen molar-refractivity contribution in [2.24, 2.45) is 0 Å². The Bertz CT molecular complexity index is 742. The lowest BCUT2D eigenvalue weighted by molar-refractivity contribution is -0.131. The van der Waals surface area contributed by atoms with E-state index < -0.39 is 0 Å². The maximum absolute atomic E-state index is 12.7. The molecule has 25 heavy (non-hydrogen) atoms. The van der Waals surface area contributed by atoms with E-state index in [9.17, 15) is 4.79 Å². The maximum Gasteiger partial charge on any atom is 0.235 e. The van der Waals surface area contributed by atoms with Crippen molar-refractivity contribution in [3.05, 3.63) is 23.8 Å². The number of likely N-dealkylation sites (tertiary alicyclic amines) is 1. The van der Waals surface area contributed by atoms with Crippen LogP contribution in [0.5, 0.6) is 5.75 Å². The van der Waals surface area contributed by atoms with Crippen LogP contribution < -0.4 is 4.74 Å². The number of hydrogen-bond acceptors (Lipinski definition) is 6. The number of tetrazole rings is 1. The number of carbonyl (C=O) groups is 1. The number of benzene rings is 1. The van der Waals surface area contributed by atoms with Gasteiger partial charge in [-0.25, -0.2) is 0 Å². The zero-order valence-electron chi connectivity index (χ0n) is 14.8. The number of hydrogen-bond donors (Lipinski definition) is 0. The zero-order valence-corrected chi connectivity index (χ0v) is 15.6. The van der Waals surface area contributed by atoms with Gasteiger partial charge in [0.05, 0.1) is 12.4 Å². The van der Waals surface area contributed by atoms with Gasteiger partial charge in [-0.2, -0.15) is 4.68 Å². The summed E-state index contributed by atoms with van der Waals surface area (Å²) < 4.78 is 7.06. The molecule has 0 N–H and O–H groups in total. The van der Waals surface area contributed by atoms with E-state index in [1.54, 1.807) is 11.8 Å². The van der Waals surface area contributed by atoms with Gasteiger partial charge < -0.3 is 9.64 Å². The van der Waals surface area contributed by atoms with Gasteiger partial charge in [-0.15, -0.1) is 5.10 Å². The number of ether oxygens (including phenoxy) is 1. The van der Waals surface area contributed by atoms with Gasteiger partial charge in [0.2, 0.25) is 11.1 Å². The Hall–Kier alpha value is -2.09. The van der Waals surface area contributed by atoms with Gasteiger partial charge in [-0.1, -0.05) is 17.8 Å². The van der Waals surface area contributed by atoms with E-state index in [0.717, 1.165) is 37.2 Å². The van der Waals surface area contributed by atoms with E-state index in [-0.39, 0.29) is 11.2 Å². The predicted octanol–water partition coefficient (Wildman–Crippen LogP) is 2.47. The fourth-order valence-electron chi connectivity index (χ4n) is 2.95. The normalized spacial score (nSPS) is 15.9. The molecule has 0 saturated carbocycles. The van der Waals surface area contributed by atoms with Crippen LogP contribution in [0.25, 0.3) is 5.69 Å². The summed E-state index contributed by atoms with van der Waals surface area (Å²) in [7, 11) is 1.62. The van der Waals surface area contributed by atoms with Crippen molar-refractivity contribution in [3.8, 4) is 11.4 Å². The molecule has 2 aromatic rings. The van der Waals surface area contributed by atoms with Crippen molar-refractivity contribution in [2.45, 2.75) is 43.5 Å². The Kier molecular flexibility index (Phi) is 5.57. The highest BCUT2D eigenvalue weighted by Crippen LogP contribution is 2.29. The fraction of sp³-hybridized carbons (Fsp3) is 0.529. The van der Waals surface area contributed by atoms with Crippen molar-refractivity contribution in [2.75, 3.05) is 20.2 Å². The van der Waals surface area contributed by atoms with E-state index in [1.165, 1.54) is 18.2 Å². The minimum atomic E-state index is -0.237. The summed E-state index contributed by atoms with van der Waals surface area (Å²) in [5.74, 6) is 0.838. The molecule has 2 heterocycles. The van der Waals surface area contributed by atoms with Crippen LogP contribution in [0.3, 0.4) is 0 Å². The van der Waals surface area contributed by atoms with Crippen molar-refractivity contribution < 1.29 is 9.53 Å². The number of methoxy groups -OCH3 is 1. The number of aromatic nitrogens is 4. The molecule has 7 nitrogen and oxygen atoms in total. The zero-order chi connectivity index (χ0) is 17.8. The van der Waals surface area contributed by atoms with Crippen LogP contribution in [0.1, 0.15) is 31.7 Å². The Morgan fingerprint density at radius 2 is 2.04 bits per heavy atom. The van der Waals surface area contributed by atoms with Crippen LogP contribution in [0.4, 0.5) is 0 Å². The van der Waals surface area contributed by atoms with Gasteiger partial charge in [0.25, 0.3) is 0 Å². The lowest BCUT2D eigenvalue weighted by atomic mass is 10.1. The summed E-state index contributed by atoms with van der Waals surface area (Å²) in [6, 6.07) is 5.83. The Morgan fingerprint density at radius 1 is 1.28 bits per heavy atom. The summed E-state index contributed by atoms with van der Waals surface area (Å²) in [5.41, 5.74) is 1.85. The smallest absolute Gasteiger partial charge is 0.235 e. The van der Waals surface area contributed by atoms with Crippen molar-refractivity contribution in [3.63, 3.8) is 0 Å². The van der Waals surface area contributed by atoms with Crippen LogP contribution in [0.2, 0.25) is 0 Å². The molecule has 1 amide bonds. The molecule has 0 radical (unpaired) electrons. The molecule has 8 heteroatoms. The molecular formula is C17H23N5O2S. The van der Waals surface area contributed by atoms with Crippen LogP contribution in [-0.2, 0) is 4.79 Å². The molecule has 1 aliphatic heterocycles. The monoisotopic (exact) mass is 361 g/mol. The quantitative estimate of drug-likeness (QED) is 0.762. The second kappa shape index (κ2) is 7.86. The number of amides is 1. The van der Waals surface area contributed by atoms with Crippen LogP contribution in [-0.4, -0.2) is 56.5 Å². The van der Waals surface area contributed by atoms with Gasteiger partial charge in [0.15, 0.2) is 0 Å². The SMILES string of the molecule is COc1ccc(C)cc1-n1nnnc1SC(C)C(=O)N1CCCCC1. The number of thioether (sulfide) groups is 1. The second-order valence-electron chi connectivity index (χ2n) is 6.19. The number of rotatable bonds is 5. The molecular weight excluding hydrogens is 338 g/mol. The third kappa shape index (κ3) is 3.95. The van der Waals surface area contributed by atoms with E-state index in [0.29, 0.717) is 10.9 Å². The molecule has 1 aromatic carbocycles. The lowest BCUT2D eigenvalue weighted by Gasteiger charge is -2.28. The molecule has 134 valence electrons. The highest BCUT2D eigenvalue weighted by molar-refractivity contribution is 8.00. The molecule has 0 bridgehead atoms. The molecule has 1 unspecified atom stereocenters. The fourth-order valence-corrected chi connectivity index (χ4v) is 3.83. The number of nitrogens with zero attached hydrogens (tertiary/aromatic N) is 5. The Balaban J connectivity index is 1.80. The van der Waals surface area contributed by atoms with Crippen molar-refractivity contribution in [1.82, 2.24) is 25.1 Å². The first-order valence-corrected chi connectivity index (χ1v) is 9.37. The topological polar surface area (TPSA) is 73.1 Å². The molecule has 1 aromatic heterocycles. The molecule has 1 aliphatic rings. The first-order valence-electron chi connectivity index (χ1n) is 8.49. The van der Waals surface area contributed by atoms with Gasteiger partial charge in [0.1, 0.15) is 11.4 Å². The van der Waals surface area contributed by atoms with Crippen molar-refractivity contribution >= 4 is 17.7 Å². The number of aryl methyl sites for hydroxylation is 1. The minimum absolute atomic E-state index is 0.149. The second-order valence-corrected chi connectivity index (χ2v) is 7.50. The molecule has 1 atom stereocenters. The third-order valence-corrected chi connectivity index (χ3v) is 5.32. The summed E-state index contributed by atoms with van der Waals surface area (Å²) >= 11 is 1.38. The number of piperidine rings is 1. The van der Waals surface area contributed by atoms with Gasteiger partial charge in [-0.05, 0) is 61.2 Å². The first kappa shape index (κ1) is 17.7. The molecule has 1 saturated heterocycles. The third-order valence-electron chi connectivity index (χ3n) is 4.30. The summed E-state index contributed by atoms with van der Waals surface area (Å²) in [5, 5.41) is 12.3. The van der Waals surface area contributed by atoms with Gasteiger partial charge >= 0.3 is 0 Å². The standard InChI is InChI=1S/C17H23N5O2S/c1-12-7-8-15(24-3)14(11-12)22-17(18-19-20-22)25-13(2)16(23)21-9-5-4-6-10-21/h7-8,11,13H,4-6,9-10H2,1-3H3. The Labute approximate surface area is 151 Å². The highest BCUT2D eigenvalue weighted by Gasteiger charge is 2.25. The van der Waals surface area contributed by atoms with E-state index in [4.69, 9.17) is 4.74 Å². The van der Waals surface area contributed by atoms with Gasteiger partial charge in [-0.3, -0.25) is 4.79 Å². The van der Waals surface area contributed by atoms with Crippen molar-refractivity contribution in [1.29, 1.82) is 0 Å². The molecule has 1 fully saturated rings. The molecule has 3 rings (SSSR count). The first-order chi connectivity index (χ1) is 12.1. The average molecular weight is 361 g/mol. The van der Waals surface area contributed by atoms with Crippen LogP contribution in [0, 0.1) is 6.92 Å². The van der Waals surface area contributed by atoms with E-state index in [1.807, 2.05) is 36.9 Å². The van der Waals surface area contributed by atoms with E-state index in [2.05, 4.69) is 15.5 Å². The van der Waals surface area contributed by atoms with Crippen LogP contribution in [0.15, 0.2) is 23.4 Å². The maximum atomic E-state index is 12.7. The predicted molar refractivity (Wildman–Crippen MR) is 96.2 cm³/mol. The largest absolute Gasteiger partial charge is 0.494 e. The van der Waals surface area contributed by atoms with Crippen LogP contribution >= 0.6 is 11.8 Å². The Morgan fingerprint density at radius 3 is 2.76 bits per heavy atom. The average Bonchev–Trinajstić information content (AvgIpc) is 3.09. The minimum Gasteiger partial charge on any atom is -0.494 e.